The molecule has 0 spiro atoms. The molecule has 1 amide bonds. The SMILES string of the molecule is Cc1noc(COCC(=O)NC2COc3c2ccc(C)c3C)n1. The maximum absolute atomic E-state index is 12.0. The molecule has 1 aliphatic rings. The van der Waals surface area contributed by atoms with Crippen LogP contribution in [0.15, 0.2) is 16.7 Å². The number of carbonyl (C=O) groups excluding carboxylic acids is 1. The zero-order chi connectivity index (χ0) is 16.4. The van der Waals surface area contributed by atoms with Crippen molar-refractivity contribution in [3.63, 3.8) is 0 Å². The Labute approximate surface area is 134 Å². The molecule has 0 saturated heterocycles. The molecule has 3 rings (SSSR count). The molecule has 1 atom stereocenters. The fraction of sp³-hybridized carbons (Fsp3) is 0.438. The molecule has 2 heterocycles. The van der Waals surface area contributed by atoms with E-state index in [0.29, 0.717) is 18.3 Å². The lowest BCUT2D eigenvalue weighted by atomic mass is 10.0. The number of aryl methyl sites for hydroxylation is 2. The predicted octanol–water partition coefficient (Wildman–Crippen LogP) is 1.76. The van der Waals surface area contributed by atoms with Crippen molar-refractivity contribution in [2.75, 3.05) is 13.2 Å². The Morgan fingerprint density at radius 3 is 2.96 bits per heavy atom. The van der Waals surface area contributed by atoms with Gasteiger partial charge in [0.15, 0.2) is 5.82 Å². The molecule has 1 unspecified atom stereocenters. The number of amides is 1. The molecule has 0 bridgehead atoms. The van der Waals surface area contributed by atoms with Gasteiger partial charge in [-0.25, -0.2) is 0 Å². The summed E-state index contributed by atoms with van der Waals surface area (Å²) in [5, 5.41) is 6.57. The van der Waals surface area contributed by atoms with Crippen LogP contribution in [0.5, 0.6) is 5.75 Å². The van der Waals surface area contributed by atoms with E-state index in [0.717, 1.165) is 16.9 Å². The second-order valence-corrected chi connectivity index (χ2v) is 5.59. The molecule has 0 radical (unpaired) electrons. The van der Waals surface area contributed by atoms with Crippen LogP contribution in [0.1, 0.15) is 34.4 Å². The van der Waals surface area contributed by atoms with E-state index in [4.69, 9.17) is 14.0 Å². The number of aromatic nitrogens is 2. The maximum Gasteiger partial charge on any atom is 0.252 e. The van der Waals surface area contributed by atoms with Gasteiger partial charge >= 0.3 is 0 Å². The highest BCUT2D eigenvalue weighted by atomic mass is 16.5. The van der Waals surface area contributed by atoms with Gasteiger partial charge in [0, 0.05) is 5.56 Å². The molecule has 1 aliphatic heterocycles. The van der Waals surface area contributed by atoms with Gasteiger partial charge in [-0.1, -0.05) is 17.3 Å². The number of nitrogens with zero attached hydrogens (tertiary/aromatic N) is 2. The van der Waals surface area contributed by atoms with Crippen molar-refractivity contribution in [2.24, 2.45) is 0 Å². The summed E-state index contributed by atoms with van der Waals surface area (Å²) in [5.41, 5.74) is 3.30. The fourth-order valence-corrected chi connectivity index (χ4v) is 2.52. The van der Waals surface area contributed by atoms with Crippen LogP contribution in [-0.2, 0) is 16.1 Å². The van der Waals surface area contributed by atoms with E-state index in [1.807, 2.05) is 26.0 Å². The molecular formula is C16H19N3O4. The highest BCUT2D eigenvalue weighted by Gasteiger charge is 2.27. The minimum atomic E-state index is -0.207. The number of benzene rings is 1. The van der Waals surface area contributed by atoms with Gasteiger partial charge in [-0.2, -0.15) is 4.98 Å². The van der Waals surface area contributed by atoms with Crippen LogP contribution in [-0.4, -0.2) is 29.3 Å². The number of nitrogens with one attached hydrogen (secondary N) is 1. The first kappa shape index (κ1) is 15.5. The molecular weight excluding hydrogens is 298 g/mol. The lowest BCUT2D eigenvalue weighted by molar-refractivity contribution is -0.127. The number of hydrogen-bond donors (Lipinski definition) is 1. The fourth-order valence-electron chi connectivity index (χ4n) is 2.52. The van der Waals surface area contributed by atoms with Gasteiger partial charge in [0.1, 0.15) is 25.6 Å². The smallest absolute Gasteiger partial charge is 0.252 e. The second-order valence-electron chi connectivity index (χ2n) is 5.59. The van der Waals surface area contributed by atoms with Gasteiger partial charge in [0.25, 0.3) is 5.89 Å². The summed E-state index contributed by atoms with van der Waals surface area (Å²) in [5.74, 6) is 1.56. The van der Waals surface area contributed by atoms with Crippen LogP contribution in [0.25, 0.3) is 0 Å². The number of fused-ring (bicyclic) bond motifs is 1. The second kappa shape index (κ2) is 6.37. The van der Waals surface area contributed by atoms with Crippen LogP contribution < -0.4 is 10.1 Å². The quantitative estimate of drug-likeness (QED) is 0.904. The van der Waals surface area contributed by atoms with Crippen molar-refractivity contribution < 1.29 is 18.8 Å². The largest absolute Gasteiger partial charge is 0.490 e. The van der Waals surface area contributed by atoms with Crippen molar-refractivity contribution in [3.05, 3.63) is 40.5 Å². The first-order valence-electron chi connectivity index (χ1n) is 7.44. The molecule has 0 fully saturated rings. The van der Waals surface area contributed by atoms with Crippen molar-refractivity contribution in [1.29, 1.82) is 0 Å². The summed E-state index contributed by atoms with van der Waals surface area (Å²) in [6, 6.07) is 3.89. The summed E-state index contributed by atoms with van der Waals surface area (Å²) in [7, 11) is 0. The Morgan fingerprint density at radius 2 is 2.22 bits per heavy atom. The minimum absolute atomic E-state index is 0.0713. The maximum atomic E-state index is 12.0. The zero-order valence-corrected chi connectivity index (χ0v) is 13.4. The van der Waals surface area contributed by atoms with Crippen molar-refractivity contribution in [3.8, 4) is 5.75 Å². The molecule has 23 heavy (non-hydrogen) atoms. The molecule has 1 aromatic heterocycles. The Kier molecular flexibility index (Phi) is 4.29. The van der Waals surface area contributed by atoms with E-state index >= 15 is 0 Å². The lowest BCUT2D eigenvalue weighted by Gasteiger charge is -2.12. The number of rotatable bonds is 5. The Morgan fingerprint density at radius 1 is 1.39 bits per heavy atom. The zero-order valence-electron chi connectivity index (χ0n) is 13.4. The van der Waals surface area contributed by atoms with Gasteiger partial charge in [-0.3, -0.25) is 4.79 Å². The Balaban J connectivity index is 1.53. The van der Waals surface area contributed by atoms with Crippen LogP contribution in [0.3, 0.4) is 0 Å². The topological polar surface area (TPSA) is 86.5 Å². The van der Waals surface area contributed by atoms with Gasteiger partial charge in [-0.15, -0.1) is 0 Å². The number of hydrogen-bond acceptors (Lipinski definition) is 6. The van der Waals surface area contributed by atoms with Crippen molar-refractivity contribution in [1.82, 2.24) is 15.5 Å². The van der Waals surface area contributed by atoms with Crippen molar-refractivity contribution in [2.45, 2.75) is 33.4 Å². The van der Waals surface area contributed by atoms with Crippen LogP contribution >= 0.6 is 0 Å². The number of carbonyl (C=O) groups is 1. The van der Waals surface area contributed by atoms with Gasteiger partial charge in [0.2, 0.25) is 5.91 Å². The van der Waals surface area contributed by atoms with Gasteiger partial charge in [-0.05, 0) is 31.9 Å². The highest BCUT2D eigenvalue weighted by Crippen LogP contribution is 2.36. The van der Waals surface area contributed by atoms with Gasteiger partial charge < -0.3 is 19.3 Å². The first-order chi connectivity index (χ1) is 11.0. The standard InChI is InChI=1S/C16H19N3O4/c1-9-4-5-12-13(6-22-16(12)10(9)2)18-14(20)7-21-8-15-17-11(3)19-23-15/h4-5,13H,6-8H2,1-3H3,(H,18,20). The molecule has 122 valence electrons. The molecule has 1 aromatic carbocycles. The molecule has 7 heteroatoms. The molecule has 2 aromatic rings. The van der Waals surface area contributed by atoms with Crippen LogP contribution in [0.4, 0.5) is 0 Å². The van der Waals surface area contributed by atoms with Crippen LogP contribution in [0.2, 0.25) is 0 Å². The number of ether oxygens (including phenoxy) is 2. The molecule has 0 saturated carbocycles. The summed E-state index contributed by atoms with van der Waals surface area (Å²) in [6.07, 6.45) is 0. The van der Waals surface area contributed by atoms with E-state index in [1.54, 1.807) is 6.92 Å². The minimum Gasteiger partial charge on any atom is -0.490 e. The Hall–Kier alpha value is -2.41. The predicted molar refractivity (Wildman–Crippen MR) is 81.0 cm³/mol. The molecule has 0 aliphatic carbocycles. The van der Waals surface area contributed by atoms with Gasteiger partial charge in [0.05, 0.1) is 6.04 Å². The average molecular weight is 317 g/mol. The third kappa shape index (κ3) is 3.34. The monoisotopic (exact) mass is 317 g/mol. The molecule has 1 N–H and O–H groups in total. The summed E-state index contributed by atoms with van der Waals surface area (Å²) in [4.78, 5) is 16.0. The lowest BCUT2D eigenvalue weighted by Crippen LogP contribution is -2.32. The van der Waals surface area contributed by atoms with E-state index < -0.39 is 0 Å². The summed E-state index contributed by atoms with van der Waals surface area (Å²) >= 11 is 0. The summed E-state index contributed by atoms with van der Waals surface area (Å²) in [6.45, 7) is 6.27. The molecule has 7 nitrogen and oxygen atoms in total. The van der Waals surface area contributed by atoms with Crippen molar-refractivity contribution >= 4 is 5.91 Å². The van der Waals surface area contributed by atoms with Crippen LogP contribution in [0, 0.1) is 20.8 Å². The van der Waals surface area contributed by atoms with E-state index in [9.17, 15) is 4.79 Å². The highest BCUT2D eigenvalue weighted by molar-refractivity contribution is 5.78. The summed E-state index contributed by atoms with van der Waals surface area (Å²) < 4.78 is 15.9. The first-order valence-corrected chi connectivity index (χ1v) is 7.44. The average Bonchev–Trinajstić information content (AvgIpc) is 3.10. The van der Waals surface area contributed by atoms with E-state index in [1.165, 1.54) is 5.56 Å². The van der Waals surface area contributed by atoms with E-state index in [-0.39, 0.29) is 25.2 Å². The van der Waals surface area contributed by atoms with E-state index in [2.05, 4.69) is 15.5 Å². The third-order valence-corrected chi connectivity index (χ3v) is 3.84. The normalized spacial score (nSPS) is 16.0. The Bertz CT molecular complexity index is 726. The third-order valence-electron chi connectivity index (χ3n) is 3.84.